The summed E-state index contributed by atoms with van der Waals surface area (Å²) in [5, 5.41) is 10.0. The van der Waals surface area contributed by atoms with Crippen LogP contribution in [0.3, 0.4) is 0 Å². The zero-order chi connectivity index (χ0) is 15.0. The van der Waals surface area contributed by atoms with Gasteiger partial charge < -0.3 is 14.8 Å². The lowest BCUT2D eigenvalue weighted by molar-refractivity contribution is 0.0601. The van der Waals surface area contributed by atoms with Gasteiger partial charge in [0.05, 0.1) is 23.7 Å². The maximum atomic E-state index is 11.6. The number of aromatic nitrogens is 2. The molecule has 0 saturated carbocycles. The predicted octanol–water partition coefficient (Wildman–Crippen LogP) is 3.03. The number of fused-ring (bicyclic) bond motifs is 1. The molecule has 2 aromatic carbocycles. The molecule has 21 heavy (non-hydrogen) atoms. The summed E-state index contributed by atoms with van der Waals surface area (Å²) in [4.78, 5) is 19.1. The fraction of sp³-hybridized carbons (Fsp3) is 0.125. The number of imidazole rings is 1. The van der Waals surface area contributed by atoms with Gasteiger partial charge in [-0.2, -0.15) is 0 Å². The first kappa shape index (κ1) is 13.2. The van der Waals surface area contributed by atoms with Crippen molar-refractivity contribution in [2.24, 2.45) is 0 Å². The number of esters is 1. The van der Waals surface area contributed by atoms with Gasteiger partial charge in [0, 0.05) is 5.56 Å². The average molecular weight is 282 g/mol. The Labute approximate surface area is 121 Å². The lowest BCUT2D eigenvalue weighted by Gasteiger charge is -2.07. The monoisotopic (exact) mass is 282 g/mol. The molecule has 3 rings (SSSR count). The van der Waals surface area contributed by atoms with Gasteiger partial charge >= 0.3 is 5.97 Å². The van der Waals surface area contributed by atoms with Crippen LogP contribution in [-0.4, -0.2) is 28.2 Å². The highest BCUT2D eigenvalue weighted by molar-refractivity contribution is 5.92. The number of nitrogens with zero attached hydrogens (tertiary/aromatic N) is 1. The second-order valence-electron chi connectivity index (χ2n) is 4.78. The molecule has 5 nitrogen and oxygen atoms in total. The SMILES string of the molecule is COC(=O)c1ccc(O)c(-c2ccc3nc(C)[nH]c3c2)c1. The lowest BCUT2D eigenvalue weighted by atomic mass is 10.0. The minimum absolute atomic E-state index is 0.109. The number of phenols is 1. The highest BCUT2D eigenvalue weighted by Gasteiger charge is 2.12. The number of methoxy groups -OCH3 is 1. The van der Waals surface area contributed by atoms with E-state index < -0.39 is 5.97 Å². The van der Waals surface area contributed by atoms with E-state index in [0.717, 1.165) is 22.4 Å². The maximum Gasteiger partial charge on any atom is 0.337 e. The number of hydrogen-bond acceptors (Lipinski definition) is 4. The summed E-state index contributed by atoms with van der Waals surface area (Å²) in [6.07, 6.45) is 0. The van der Waals surface area contributed by atoms with Crippen LogP contribution in [0.15, 0.2) is 36.4 Å². The molecule has 1 heterocycles. The Kier molecular flexibility index (Phi) is 3.10. The summed E-state index contributed by atoms with van der Waals surface area (Å²) >= 11 is 0. The summed E-state index contributed by atoms with van der Waals surface area (Å²) in [7, 11) is 1.33. The molecule has 0 radical (unpaired) electrons. The molecule has 3 aromatic rings. The summed E-state index contributed by atoms with van der Waals surface area (Å²) in [6, 6.07) is 10.3. The van der Waals surface area contributed by atoms with Crippen molar-refractivity contribution >= 4 is 17.0 Å². The number of aromatic hydroxyl groups is 1. The number of H-pyrrole nitrogens is 1. The molecule has 0 spiro atoms. The van der Waals surface area contributed by atoms with Gasteiger partial charge in [-0.1, -0.05) is 6.07 Å². The van der Waals surface area contributed by atoms with Crippen molar-refractivity contribution in [1.29, 1.82) is 0 Å². The Morgan fingerprint density at radius 2 is 2.05 bits per heavy atom. The number of carbonyl (C=O) groups is 1. The summed E-state index contributed by atoms with van der Waals surface area (Å²) in [5.41, 5.74) is 3.51. The van der Waals surface area contributed by atoms with Crippen LogP contribution >= 0.6 is 0 Å². The summed E-state index contributed by atoms with van der Waals surface area (Å²) in [6.45, 7) is 1.88. The summed E-state index contributed by atoms with van der Waals surface area (Å²) in [5.74, 6) is 0.502. The molecule has 0 saturated heterocycles. The number of aryl methyl sites for hydroxylation is 1. The van der Waals surface area contributed by atoms with Gasteiger partial charge in [0.1, 0.15) is 11.6 Å². The van der Waals surface area contributed by atoms with Gasteiger partial charge in [-0.3, -0.25) is 0 Å². The molecule has 0 aliphatic carbocycles. The Hall–Kier alpha value is -2.82. The highest BCUT2D eigenvalue weighted by Crippen LogP contribution is 2.31. The van der Waals surface area contributed by atoms with Gasteiger partial charge in [-0.15, -0.1) is 0 Å². The van der Waals surface area contributed by atoms with Crippen LogP contribution in [0.2, 0.25) is 0 Å². The minimum atomic E-state index is -0.435. The highest BCUT2D eigenvalue weighted by atomic mass is 16.5. The smallest absolute Gasteiger partial charge is 0.337 e. The molecule has 0 atom stereocenters. The van der Waals surface area contributed by atoms with E-state index in [1.54, 1.807) is 6.07 Å². The van der Waals surface area contributed by atoms with Gasteiger partial charge in [0.15, 0.2) is 0 Å². The second kappa shape index (κ2) is 4.94. The second-order valence-corrected chi connectivity index (χ2v) is 4.78. The van der Waals surface area contributed by atoms with Crippen LogP contribution < -0.4 is 0 Å². The van der Waals surface area contributed by atoms with E-state index in [1.165, 1.54) is 19.2 Å². The molecule has 1 aromatic heterocycles. The molecule has 5 heteroatoms. The number of hydrogen-bond donors (Lipinski definition) is 2. The normalized spacial score (nSPS) is 10.8. The largest absolute Gasteiger partial charge is 0.507 e. The molecule has 106 valence electrons. The molecule has 0 amide bonds. The Balaban J connectivity index is 2.14. The molecular formula is C16H14N2O3. The van der Waals surface area contributed by atoms with Crippen molar-refractivity contribution in [2.45, 2.75) is 6.92 Å². The minimum Gasteiger partial charge on any atom is -0.507 e. The molecule has 0 fully saturated rings. The van der Waals surface area contributed by atoms with Crippen molar-refractivity contribution in [1.82, 2.24) is 9.97 Å². The number of carbonyl (C=O) groups excluding carboxylic acids is 1. The van der Waals surface area contributed by atoms with Gasteiger partial charge in [0.25, 0.3) is 0 Å². The number of ether oxygens (including phenoxy) is 1. The quantitative estimate of drug-likeness (QED) is 0.708. The Morgan fingerprint density at radius 1 is 1.24 bits per heavy atom. The summed E-state index contributed by atoms with van der Waals surface area (Å²) < 4.78 is 4.70. The van der Waals surface area contributed by atoms with E-state index in [4.69, 9.17) is 4.74 Å². The predicted molar refractivity (Wildman–Crippen MR) is 79.3 cm³/mol. The van der Waals surface area contributed by atoms with E-state index in [1.807, 2.05) is 25.1 Å². The zero-order valence-electron chi connectivity index (χ0n) is 11.7. The van der Waals surface area contributed by atoms with E-state index in [-0.39, 0.29) is 5.75 Å². The van der Waals surface area contributed by atoms with Crippen molar-refractivity contribution in [3.63, 3.8) is 0 Å². The number of aromatic amines is 1. The zero-order valence-corrected chi connectivity index (χ0v) is 11.7. The van der Waals surface area contributed by atoms with E-state index >= 15 is 0 Å². The van der Waals surface area contributed by atoms with Crippen LogP contribution in [0.1, 0.15) is 16.2 Å². The van der Waals surface area contributed by atoms with E-state index in [9.17, 15) is 9.90 Å². The van der Waals surface area contributed by atoms with Crippen molar-refractivity contribution in [2.75, 3.05) is 7.11 Å². The standard InChI is InChI=1S/C16H14N2O3/c1-9-17-13-5-3-10(8-14(13)18-9)12-7-11(16(20)21-2)4-6-15(12)19/h3-8,19H,1-2H3,(H,17,18). The third-order valence-corrected chi connectivity index (χ3v) is 3.33. The van der Waals surface area contributed by atoms with E-state index in [0.29, 0.717) is 11.1 Å². The van der Waals surface area contributed by atoms with Crippen molar-refractivity contribution < 1.29 is 14.6 Å². The number of phenolic OH excluding ortho intramolecular Hbond substituents is 1. The molecule has 0 aliphatic rings. The molecular weight excluding hydrogens is 268 g/mol. The number of benzene rings is 2. The topological polar surface area (TPSA) is 75.2 Å². The third kappa shape index (κ3) is 2.33. The van der Waals surface area contributed by atoms with Crippen molar-refractivity contribution in [3.05, 3.63) is 47.8 Å². The van der Waals surface area contributed by atoms with Crippen LogP contribution in [0.25, 0.3) is 22.2 Å². The fourth-order valence-corrected chi connectivity index (χ4v) is 2.32. The van der Waals surface area contributed by atoms with E-state index in [2.05, 4.69) is 9.97 Å². The van der Waals surface area contributed by atoms with Crippen LogP contribution in [0.5, 0.6) is 5.75 Å². The van der Waals surface area contributed by atoms with Crippen LogP contribution in [0, 0.1) is 6.92 Å². The number of rotatable bonds is 2. The van der Waals surface area contributed by atoms with Gasteiger partial charge in [0.2, 0.25) is 0 Å². The Bertz CT molecular complexity index is 837. The van der Waals surface area contributed by atoms with Crippen LogP contribution in [-0.2, 0) is 4.74 Å². The third-order valence-electron chi connectivity index (χ3n) is 3.33. The molecule has 0 aliphatic heterocycles. The number of nitrogens with one attached hydrogen (secondary N) is 1. The molecule has 0 bridgehead atoms. The Morgan fingerprint density at radius 3 is 2.81 bits per heavy atom. The molecule has 2 N–H and O–H groups in total. The first-order chi connectivity index (χ1) is 10.1. The first-order valence-electron chi connectivity index (χ1n) is 6.46. The maximum absolute atomic E-state index is 11.6. The van der Waals surface area contributed by atoms with Gasteiger partial charge in [-0.05, 0) is 42.8 Å². The molecule has 0 unspecified atom stereocenters. The van der Waals surface area contributed by atoms with Crippen molar-refractivity contribution in [3.8, 4) is 16.9 Å². The average Bonchev–Trinajstić information content (AvgIpc) is 2.86. The van der Waals surface area contributed by atoms with Crippen LogP contribution in [0.4, 0.5) is 0 Å². The lowest BCUT2D eigenvalue weighted by Crippen LogP contribution is -2.00. The fourth-order valence-electron chi connectivity index (χ4n) is 2.32. The van der Waals surface area contributed by atoms with Gasteiger partial charge in [-0.25, -0.2) is 9.78 Å². The first-order valence-corrected chi connectivity index (χ1v) is 6.46.